The highest BCUT2D eigenvalue weighted by atomic mass is 32.2. The number of hydrogen-bond donors (Lipinski definition) is 1. The lowest BCUT2D eigenvalue weighted by molar-refractivity contribution is -0.705. The van der Waals surface area contributed by atoms with E-state index in [9.17, 15) is 24.8 Å². The Hall–Kier alpha value is -3.22. The Bertz CT molecular complexity index is 1460. The van der Waals surface area contributed by atoms with Gasteiger partial charge in [-0.1, -0.05) is 36.9 Å². The van der Waals surface area contributed by atoms with Gasteiger partial charge in [-0.05, 0) is 31.0 Å². The van der Waals surface area contributed by atoms with Crippen molar-refractivity contribution in [3.63, 3.8) is 0 Å². The normalized spacial score (nSPS) is 21.6. The van der Waals surface area contributed by atoms with Crippen LogP contribution in [0.5, 0.6) is 0 Å². The number of hydrogen-bond acceptors (Lipinski definition) is 8. The molecule has 10 nitrogen and oxygen atoms in total. The van der Waals surface area contributed by atoms with Crippen LogP contribution in [0.1, 0.15) is 37.6 Å². The molecule has 1 amide bonds. The number of non-ortho nitro benzene ring substituents is 1. The Morgan fingerprint density at radius 1 is 1.34 bits per heavy atom. The van der Waals surface area contributed by atoms with Crippen molar-refractivity contribution in [2.45, 2.75) is 51.0 Å². The Balaban J connectivity index is 1.50. The Morgan fingerprint density at radius 3 is 2.68 bits per heavy atom. The minimum atomic E-state index is -0.835. The molecule has 1 saturated heterocycles. The Labute approximate surface area is 227 Å². The minimum absolute atomic E-state index is 0.0492. The molecule has 0 spiro atoms. The quantitative estimate of drug-likeness (QED) is 0.107. The molecule has 2 aliphatic heterocycles. The SMILES string of the molecule is CCCSc1c2sc(C3=C(C(=O)OCc4ccc([N+](=O)[O-])cc4)N4C(=O)[C@H]([C@@H](C)O)[C@H]4[C@H]3C)cn2c[n+]1C. The van der Waals surface area contributed by atoms with Gasteiger partial charge in [-0.15, -0.1) is 0 Å². The molecule has 1 aromatic carbocycles. The maximum Gasteiger partial charge on any atom is 0.355 e. The lowest BCUT2D eigenvalue weighted by atomic mass is 9.77. The Morgan fingerprint density at radius 2 is 2.05 bits per heavy atom. The van der Waals surface area contributed by atoms with E-state index in [0.717, 1.165) is 32.5 Å². The number of esters is 1. The van der Waals surface area contributed by atoms with Gasteiger partial charge in [0.25, 0.3) is 5.69 Å². The molecular formula is C26H29N4O6S2+. The average Bonchev–Trinajstić information content (AvgIpc) is 3.48. The van der Waals surface area contributed by atoms with Crippen LogP contribution in [0.15, 0.2) is 47.5 Å². The zero-order valence-corrected chi connectivity index (χ0v) is 23.1. The smallest absolute Gasteiger partial charge is 0.355 e. The van der Waals surface area contributed by atoms with E-state index >= 15 is 0 Å². The summed E-state index contributed by atoms with van der Waals surface area (Å²) in [6.45, 7) is 5.63. The Kier molecular flexibility index (Phi) is 7.05. The first kappa shape index (κ1) is 26.4. The highest BCUT2D eigenvalue weighted by molar-refractivity contribution is 7.99. The van der Waals surface area contributed by atoms with Crippen LogP contribution in [0, 0.1) is 22.0 Å². The van der Waals surface area contributed by atoms with Crippen LogP contribution in [0.2, 0.25) is 0 Å². The molecule has 3 aromatic rings. The highest BCUT2D eigenvalue weighted by Crippen LogP contribution is 2.52. The number of β-lactam (4-membered cyclic amide) rings is 1. The standard InChI is InChI=1S/C26H29N4O6S2/c1-5-10-37-24-25-28(13-27(24)4)11-18(38-25)19-14(2)21-20(15(3)31)23(32)29(21)22(19)26(33)36-12-16-6-8-17(9-7-16)30(34)35/h6-9,11,13-15,20-21,31H,5,10,12H2,1-4H3/q+1/t14-,15+,20+,21+/m0/s1. The number of benzene rings is 1. The van der Waals surface area contributed by atoms with Gasteiger partial charge in [0.05, 0.1) is 34.9 Å². The van der Waals surface area contributed by atoms with Crippen molar-refractivity contribution >= 4 is 51.1 Å². The molecule has 4 atom stereocenters. The number of nitro groups is 1. The lowest BCUT2D eigenvalue weighted by Gasteiger charge is -2.46. The molecule has 1 N–H and O–H groups in total. The average molecular weight is 558 g/mol. The number of thioether (sulfide) groups is 1. The van der Waals surface area contributed by atoms with E-state index in [4.69, 9.17) is 4.74 Å². The van der Waals surface area contributed by atoms with Crippen molar-refractivity contribution in [2.24, 2.45) is 18.9 Å². The first-order chi connectivity index (χ1) is 18.1. The van der Waals surface area contributed by atoms with Crippen LogP contribution in [-0.4, -0.2) is 49.1 Å². The summed E-state index contributed by atoms with van der Waals surface area (Å²) in [5.41, 5.74) is 1.50. The third-order valence-electron chi connectivity index (χ3n) is 7.09. The second-order valence-electron chi connectivity index (χ2n) is 9.70. The van der Waals surface area contributed by atoms with Crippen molar-refractivity contribution in [2.75, 3.05) is 5.75 Å². The van der Waals surface area contributed by atoms with E-state index in [0.29, 0.717) is 5.56 Å². The molecule has 0 unspecified atom stereocenters. The van der Waals surface area contributed by atoms with E-state index < -0.39 is 22.9 Å². The van der Waals surface area contributed by atoms with Crippen LogP contribution in [0.25, 0.3) is 10.4 Å². The van der Waals surface area contributed by atoms with Crippen LogP contribution >= 0.6 is 23.1 Å². The van der Waals surface area contributed by atoms with Gasteiger partial charge in [-0.2, -0.15) is 4.40 Å². The first-order valence-electron chi connectivity index (χ1n) is 12.4. The van der Waals surface area contributed by atoms with Gasteiger partial charge in [0.15, 0.2) is 0 Å². The number of aliphatic hydroxyl groups excluding tert-OH is 1. The third-order valence-corrected chi connectivity index (χ3v) is 9.73. The van der Waals surface area contributed by atoms with Gasteiger partial charge in [0, 0.05) is 29.4 Å². The summed E-state index contributed by atoms with van der Waals surface area (Å²) in [4.78, 5) is 40.4. The minimum Gasteiger partial charge on any atom is -0.456 e. The molecule has 1 fully saturated rings. The number of aliphatic hydroxyl groups is 1. The van der Waals surface area contributed by atoms with Gasteiger partial charge in [-0.25, -0.2) is 9.36 Å². The number of aryl methyl sites for hydroxylation is 1. The number of amides is 1. The summed E-state index contributed by atoms with van der Waals surface area (Å²) < 4.78 is 9.76. The second kappa shape index (κ2) is 10.2. The summed E-state index contributed by atoms with van der Waals surface area (Å²) in [5, 5.41) is 22.4. The number of thiazole rings is 1. The van der Waals surface area contributed by atoms with Crippen molar-refractivity contribution in [3.05, 3.63) is 63.0 Å². The molecule has 5 rings (SSSR count). The van der Waals surface area contributed by atoms with Gasteiger partial charge in [0.1, 0.15) is 18.5 Å². The number of aromatic nitrogens is 2. The summed E-state index contributed by atoms with van der Waals surface area (Å²) >= 11 is 3.35. The predicted molar refractivity (Wildman–Crippen MR) is 142 cm³/mol. The molecule has 38 heavy (non-hydrogen) atoms. The fourth-order valence-corrected chi connectivity index (χ4v) is 7.68. The first-order valence-corrected chi connectivity index (χ1v) is 14.2. The van der Waals surface area contributed by atoms with E-state index in [2.05, 4.69) is 11.5 Å². The third kappa shape index (κ3) is 4.30. The molecule has 0 bridgehead atoms. The van der Waals surface area contributed by atoms with Crippen LogP contribution < -0.4 is 4.57 Å². The summed E-state index contributed by atoms with van der Waals surface area (Å²) in [6.07, 6.45) is 4.20. The largest absolute Gasteiger partial charge is 0.456 e. The molecular weight excluding hydrogens is 528 g/mol. The van der Waals surface area contributed by atoms with E-state index in [1.165, 1.54) is 29.2 Å². The van der Waals surface area contributed by atoms with Gasteiger partial charge in [0.2, 0.25) is 22.1 Å². The monoisotopic (exact) mass is 557 g/mol. The maximum absolute atomic E-state index is 13.5. The van der Waals surface area contributed by atoms with Gasteiger partial charge < -0.3 is 14.7 Å². The van der Waals surface area contributed by atoms with E-state index in [1.807, 2.05) is 30.9 Å². The van der Waals surface area contributed by atoms with Crippen LogP contribution in [0.4, 0.5) is 5.69 Å². The fourth-order valence-electron chi connectivity index (χ4n) is 5.30. The molecule has 2 aromatic heterocycles. The zero-order chi connectivity index (χ0) is 27.3. The predicted octanol–water partition coefficient (Wildman–Crippen LogP) is 3.55. The van der Waals surface area contributed by atoms with E-state index in [1.54, 1.807) is 30.0 Å². The van der Waals surface area contributed by atoms with Gasteiger partial charge >= 0.3 is 5.97 Å². The highest BCUT2D eigenvalue weighted by Gasteiger charge is 2.60. The number of nitrogens with zero attached hydrogens (tertiary/aromatic N) is 4. The topological polar surface area (TPSA) is 118 Å². The van der Waals surface area contributed by atoms with Crippen molar-refractivity contribution in [3.8, 4) is 0 Å². The molecule has 12 heteroatoms. The molecule has 2 aliphatic rings. The van der Waals surface area contributed by atoms with Crippen molar-refractivity contribution in [1.82, 2.24) is 9.30 Å². The molecule has 200 valence electrons. The lowest BCUT2D eigenvalue weighted by Crippen LogP contribution is -2.63. The van der Waals surface area contributed by atoms with Crippen LogP contribution in [0.3, 0.4) is 0 Å². The molecule has 0 aliphatic carbocycles. The summed E-state index contributed by atoms with van der Waals surface area (Å²) in [6, 6.07) is 5.46. The number of rotatable bonds is 9. The number of carbonyl (C=O) groups is 2. The van der Waals surface area contributed by atoms with Crippen molar-refractivity contribution in [1.29, 1.82) is 0 Å². The summed E-state index contributed by atoms with van der Waals surface area (Å²) in [7, 11) is 2.01. The number of fused-ring (bicyclic) bond motifs is 2. The molecule has 0 saturated carbocycles. The summed E-state index contributed by atoms with van der Waals surface area (Å²) in [5.74, 6) is -0.699. The molecule has 0 radical (unpaired) electrons. The number of carbonyl (C=O) groups excluding carboxylic acids is 2. The second-order valence-corrected chi connectivity index (χ2v) is 11.8. The number of nitro benzene ring substituents is 1. The van der Waals surface area contributed by atoms with Crippen molar-refractivity contribution < 1.29 is 28.9 Å². The zero-order valence-electron chi connectivity index (χ0n) is 21.5. The van der Waals surface area contributed by atoms with Crippen LogP contribution in [-0.2, 0) is 28.0 Å². The van der Waals surface area contributed by atoms with Gasteiger partial charge in [-0.3, -0.25) is 14.9 Å². The van der Waals surface area contributed by atoms with E-state index in [-0.39, 0.29) is 35.9 Å². The number of imidazole rings is 1. The molecule has 4 heterocycles. The maximum atomic E-state index is 13.5. The fraction of sp³-hybridized carbons (Fsp3) is 0.423. The number of ether oxygens (including phenoxy) is 1.